The topological polar surface area (TPSA) is 53.1 Å². The van der Waals surface area contributed by atoms with Gasteiger partial charge in [0.2, 0.25) is 0 Å². The van der Waals surface area contributed by atoms with Crippen molar-refractivity contribution < 1.29 is 4.74 Å². The first kappa shape index (κ1) is 13.1. The zero-order chi connectivity index (χ0) is 12.5. The van der Waals surface area contributed by atoms with Crippen LogP contribution in [0.4, 0.5) is 0 Å². The normalized spacial score (nSPS) is 26.4. The Balaban J connectivity index is 2.29. The van der Waals surface area contributed by atoms with Gasteiger partial charge < -0.3 is 10.5 Å². The number of aromatic nitrogens is 2. The fraction of sp³-hybridized carbons (Fsp3) is 0.750. The molecule has 1 aliphatic rings. The van der Waals surface area contributed by atoms with Crippen molar-refractivity contribution in [2.45, 2.75) is 51.3 Å². The molecule has 0 saturated carbocycles. The molecule has 1 fully saturated rings. The van der Waals surface area contributed by atoms with Crippen molar-refractivity contribution in [2.75, 3.05) is 6.61 Å². The van der Waals surface area contributed by atoms with Crippen molar-refractivity contribution in [3.05, 3.63) is 16.4 Å². The molecule has 1 aromatic heterocycles. The maximum absolute atomic E-state index is 6.40. The summed E-state index contributed by atoms with van der Waals surface area (Å²) in [5, 5.41) is 4.36. The molecule has 0 amide bonds. The molecule has 1 aliphatic heterocycles. The number of rotatable bonds is 4. The minimum absolute atomic E-state index is 0.131. The maximum Gasteiger partial charge on any atom is 0.0862 e. The molecule has 2 unspecified atom stereocenters. The first-order valence-electron chi connectivity index (χ1n) is 6.19. The van der Waals surface area contributed by atoms with Crippen LogP contribution in [0.15, 0.2) is 10.7 Å². The molecule has 0 spiro atoms. The number of nitrogens with two attached hydrogens (primary N) is 1. The summed E-state index contributed by atoms with van der Waals surface area (Å²) in [5.41, 5.74) is 7.19. The van der Waals surface area contributed by atoms with Gasteiger partial charge >= 0.3 is 0 Å². The second-order valence-corrected chi connectivity index (χ2v) is 5.70. The predicted octanol–water partition coefficient (Wildman–Crippen LogP) is 2.62. The molecule has 0 radical (unpaired) electrons. The molecule has 4 nitrogen and oxygen atoms in total. The van der Waals surface area contributed by atoms with Crippen LogP contribution in [0, 0.1) is 0 Å². The smallest absolute Gasteiger partial charge is 0.0862 e. The SMILES string of the molecule is CCCn1ncc(Br)c1C(N)C1(C)CCCO1. The first-order chi connectivity index (χ1) is 8.08. The molecular weight excluding hydrogens is 282 g/mol. The van der Waals surface area contributed by atoms with E-state index in [0.717, 1.165) is 42.6 Å². The minimum Gasteiger partial charge on any atom is -0.373 e. The van der Waals surface area contributed by atoms with Gasteiger partial charge in [0.1, 0.15) is 0 Å². The van der Waals surface area contributed by atoms with Crippen molar-refractivity contribution in [3.63, 3.8) is 0 Å². The number of aryl methyl sites for hydroxylation is 1. The van der Waals surface area contributed by atoms with Gasteiger partial charge in [0.05, 0.1) is 28.0 Å². The number of hydrogen-bond acceptors (Lipinski definition) is 3. The van der Waals surface area contributed by atoms with Crippen molar-refractivity contribution in [2.24, 2.45) is 5.73 Å². The van der Waals surface area contributed by atoms with Gasteiger partial charge in [-0.3, -0.25) is 4.68 Å². The van der Waals surface area contributed by atoms with Gasteiger partial charge in [-0.2, -0.15) is 5.10 Å². The highest BCUT2D eigenvalue weighted by Gasteiger charge is 2.39. The van der Waals surface area contributed by atoms with Crippen LogP contribution in [-0.4, -0.2) is 22.0 Å². The van der Waals surface area contributed by atoms with Crippen LogP contribution in [-0.2, 0) is 11.3 Å². The van der Waals surface area contributed by atoms with Crippen LogP contribution >= 0.6 is 15.9 Å². The second kappa shape index (κ2) is 5.08. The van der Waals surface area contributed by atoms with Gasteiger partial charge in [-0.15, -0.1) is 0 Å². The molecule has 0 aromatic carbocycles. The Bertz CT molecular complexity index is 385. The van der Waals surface area contributed by atoms with E-state index in [4.69, 9.17) is 10.5 Å². The Kier molecular flexibility index (Phi) is 3.90. The Morgan fingerprint density at radius 1 is 1.71 bits per heavy atom. The summed E-state index contributed by atoms with van der Waals surface area (Å²) in [6.45, 7) is 5.94. The van der Waals surface area contributed by atoms with Crippen molar-refractivity contribution in [3.8, 4) is 0 Å². The monoisotopic (exact) mass is 301 g/mol. The molecule has 0 bridgehead atoms. The van der Waals surface area contributed by atoms with Crippen LogP contribution in [0.3, 0.4) is 0 Å². The number of nitrogens with zero attached hydrogens (tertiary/aromatic N) is 2. The molecule has 2 atom stereocenters. The van der Waals surface area contributed by atoms with Crippen LogP contribution in [0.25, 0.3) is 0 Å². The van der Waals surface area contributed by atoms with E-state index in [1.54, 1.807) is 0 Å². The average molecular weight is 302 g/mol. The fourth-order valence-corrected chi connectivity index (χ4v) is 2.95. The van der Waals surface area contributed by atoms with Gasteiger partial charge in [-0.25, -0.2) is 0 Å². The highest BCUT2D eigenvalue weighted by Crippen LogP contribution is 2.38. The van der Waals surface area contributed by atoms with E-state index >= 15 is 0 Å². The summed E-state index contributed by atoms with van der Waals surface area (Å²) in [7, 11) is 0. The van der Waals surface area contributed by atoms with Gasteiger partial charge in [0.15, 0.2) is 0 Å². The molecule has 1 saturated heterocycles. The van der Waals surface area contributed by atoms with Crippen LogP contribution in [0.1, 0.15) is 44.8 Å². The van der Waals surface area contributed by atoms with Gasteiger partial charge in [0, 0.05) is 13.2 Å². The van der Waals surface area contributed by atoms with E-state index in [1.165, 1.54) is 0 Å². The summed E-state index contributed by atoms with van der Waals surface area (Å²) < 4.78 is 8.80. The largest absolute Gasteiger partial charge is 0.373 e. The molecule has 0 aliphatic carbocycles. The highest BCUT2D eigenvalue weighted by atomic mass is 79.9. The molecule has 2 N–H and O–H groups in total. The second-order valence-electron chi connectivity index (χ2n) is 4.84. The van der Waals surface area contributed by atoms with Crippen molar-refractivity contribution in [1.82, 2.24) is 9.78 Å². The van der Waals surface area contributed by atoms with E-state index in [2.05, 4.69) is 34.9 Å². The predicted molar refractivity (Wildman–Crippen MR) is 70.7 cm³/mol. The Morgan fingerprint density at radius 3 is 3.06 bits per heavy atom. The average Bonchev–Trinajstić information content (AvgIpc) is 2.87. The van der Waals surface area contributed by atoms with Crippen LogP contribution < -0.4 is 5.73 Å². The molecule has 1 aromatic rings. The lowest BCUT2D eigenvalue weighted by atomic mass is 9.91. The fourth-order valence-electron chi connectivity index (χ4n) is 2.41. The third kappa shape index (κ3) is 2.41. The van der Waals surface area contributed by atoms with E-state index in [-0.39, 0.29) is 11.6 Å². The summed E-state index contributed by atoms with van der Waals surface area (Å²) >= 11 is 3.54. The third-order valence-electron chi connectivity index (χ3n) is 3.47. The van der Waals surface area contributed by atoms with Gasteiger partial charge in [-0.1, -0.05) is 6.92 Å². The Labute approximate surface area is 111 Å². The quantitative estimate of drug-likeness (QED) is 0.930. The molecule has 17 heavy (non-hydrogen) atoms. The number of ether oxygens (including phenoxy) is 1. The zero-order valence-electron chi connectivity index (χ0n) is 10.4. The Hall–Kier alpha value is -0.390. The van der Waals surface area contributed by atoms with E-state index < -0.39 is 0 Å². The lowest BCUT2D eigenvalue weighted by Gasteiger charge is -2.31. The molecule has 96 valence electrons. The lowest BCUT2D eigenvalue weighted by Crippen LogP contribution is -2.39. The van der Waals surface area contributed by atoms with Gasteiger partial charge in [-0.05, 0) is 42.1 Å². The first-order valence-corrected chi connectivity index (χ1v) is 6.98. The van der Waals surface area contributed by atoms with Crippen LogP contribution in [0.5, 0.6) is 0 Å². The molecule has 2 rings (SSSR count). The van der Waals surface area contributed by atoms with Crippen molar-refractivity contribution in [1.29, 1.82) is 0 Å². The summed E-state index contributed by atoms with van der Waals surface area (Å²) in [6, 6.07) is -0.131. The summed E-state index contributed by atoms with van der Waals surface area (Å²) in [4.78, 5) is 0. The van der Waals surface area contributed by atoms with Crippen molar-refractivity contribution >= 4 is 15.9 Å². The molecule has 5 heteroatoms. The number of hydrogen-bond donors (Lipinski definition) is 1. The minimum atomic E-state index is -0.256. The molecule has 2 heterocycles. The van der Waals surface area contributed by atoms with Crippen LogP contribution in [0.2, 0.25) is 0 Å². The third-order valence-corrected chi connectivity index (χ3v) is 4.08. The maximum atomic E-state index is 6.40. The highest BCUT2D eigenvalue weighted by molar-refractivity contribution is 9.10. The lowest BCUT2D eigenvalue weighted by molar-refractivity contribution is -0.00406. The van der Waals surface area contributed by atoms with Gasteiger partial charge in [0.25, 0.3) is 0 Å². The standard InChI is InChI=1S/C12H20BrN3O/c1-3-6-16-10(9(13)8-15-16)11(14)12(2)5-4-7-17-12/h8,11H,3-7,14H2,1-2H3. The molecular formula is C12H20BrN3O. The number of halogens is 1. The zero-order valence-corrected chi connectivity index (χ0v) is 12.0. The summed E-state index contributed by atoms with van der Waals surface area (Å²) in [5.74, 6) is 0. The Morgan fingerprint density at radius 2 is 2.47 bits per heavy atom. The van der Waals surface area contributed by atoms with E-state index in [1.807, 2.05) is 10.9 Å². The van der Waals surface area contributed by atoms with E-state index in [0.29, 0.717) is 0 Å². The summed E-state index contributed by atoms with van der Waals surface area (Å²) in [6.07, 6.45) is 4.97. The van der Waals surface area contributed by atoms with E-state index in [9.17, 15) is 0 Å².